The van der Waals surface area contributed by atoms with E-state index >= 15 is 0 Å². The number of fused-ring (bicyclic) bond motifs is 1. The monoisotopic (exact) mass is 355 g/mol. The van der Waals surface area contributed by atoms with E-state index in [0.717, 1.165) is 50.4 Å². The summed E-state index contributed by atoms with van der Waals surface area (Å²) < 4.78 is 11.5. The largest absolute Gasteiger partial charge is 0.468 e. The number of pyridine rings is 1. The quantitative estimate of drug-likeness (QED) is 0.859. The molecule has 4 heterocycles. The Hall–Kier alpha value is -2.18. The molecule has 2 aromatic heterocycles. The van der Waals surface area contributed by atoms with Crippen molar-refractivity contribution in [2.75, 3.05) is 19.6 Å². The molecule has 0 spiro atoms. The molecule has 2 aliphatic rings. The Bertz CT molecular complexity index is 704. The van der Waals surface area contributed by atoms with Crippen molar-refractivity contribution in [3.05, 3.63) is 54.2 Å². The molecule has 2 aliphatic heterocycles. The number of ether oxygens (including phenoxy) is 1. The van der Waals surface area contributed by atoms with Gasteiger partial charge in [-0.1, -0.05) is 6.07 Å². The summed E-state index contributed by atoms with van der Waals surface area (Å²) in [4.78, 5) is 19.1. The van der Waals surface area contributed by atoms with Crippen molar-refractivity contribution >= 4 is 5.91 Å². The zero-order valence-electron chi connectivity index (χ0n) is 14.8. The standard InChI is InChI=1S/C20H25N3O3/c24-20(22-9-6-16-4-1-2-8-21-16)18-12-15-7-10-23(14-19(15)26-18)13-17-5-3-11-25-17/h1-5,8,11,15,18-19H,6-7,9-10,12-14H2,(H,22,24)/t15-,18+,19+/m0/s1. The van der Waals surface area contributed by atoms with Gasteiger partial charge < -0.3 is 14.5 Å². The summed E-state index contributed by atoms with van der Waals surface area (Å²) in [7, 11) is 0. The highest BCUT2D eigenvalue weighted by atomic mass is 16.5. The van der Waals surface area contributed by atoms with Crippen molar-refractivity contribution < 1.29 is 13.9 Å². The van der Waals surface area contributed by atoms with Gasteiger partial charge in [0.25, 0.3) is 0 Å². The lowest BCUT2D eigenvalue weighted by molar-refractivity contribution is -0.132. The van der Waals surface area contributed by atoms with E-state index in [1.165, 1.54) is 0 Å². The third kappa shape index (κ3) is 4.14. The van der Waals surface area contributed by atoms with Gasteiger partial charge in [0.15, 0.2) is 0 Å². The molecule has 2 aromatic rings. The first kappa shape index (κ1) is 17.2. The number of nitrogens with zero attached hydrogens (tertiary/aromatic N) is 2. The van der Waals surface area contributed by atoms with Crippen molar-refractivity contribution in [3.8, 4) is 0 Å². The molecule has 2 fully saturated rings. The maximum absolute atomic E-state index is 12.4. The molecule has 0 saturated carbocycles. The van der Waals surface area contributed by atoms with Gasteiger partial charge in [-0.25, -0.2) is 0 Å². The second-order valence-electron chi connectivity index (χ2n) is 7.12. The van der Waals surface area contributed by atoms with Crippen molar-refractivity contribution in [2.24, 2.45) is 5.92 Å². The molecule has 1 N–H and O–H groups in total. The predicted octanol–water partition coefficient (Wildman–Crippen LogP) is 2.01. The topological polar surface area (TPSA) is 67.6 Å². The Kier molecular flexibility index (Phi) is 5.32. The normalized spacial score (nSPS) is 25.8. The highest BCUT2D eigenvalue weighted by Gasteiger charge is 2.41. The van der Waals surface area contributed by atoms with Gasteiger partial charge in [-0.2, -0.15) is 0 Å². The molecule has 0 aliphatic carbocycles. The second kappa shape index (κ2) is 8.01. The van der Waals surface area contributed by atoms with Crippen LogP contribution < -0.4 is 5.32 Å². The minimum atomic E-state index is -0.322. The number of amides is 1. The summed E-state index contributed by atoms with van der Waals surface area (Å²) in [5, 5.41) is 3.00. The summed E-state index contributed by atoms with van der Waals surface area (Å²) in [6.45, 7) is 3.29. The van der Waals surface area contributed by atoms with Crippen LogP contribution in [0.2, 0.25) is 0 Å². The fourth-order valence-electron chi connectivity index (χ4n) is 3.90. The number of hydrogen-bond acceptors (Lipinski definition) is 5. The Morgan fingerprint density at radius 1 is 1.31 bits per heavy atom. The van der Waals surface area contributed by atoms with Gasteiger partial charge in [0, 0.05) is 31.4 Å². The first-order chi connectivity index (χ1) is 12.8. The van der Waals surface area contributed by atoms with Crippen LogP contribution in [0, 0.1) is 5.92 Å². The Morgan fingerprint density at radius 2 is 2.27 bits per heavy atom. The van der Waals surface area contributed by atoms with Gasteiger partial charge in [-0.05, 0) is 49.6 Å². The van der Waals surface area contributed by atoms with Crippen LogP contribution in [0.15, 0.2) is 47.2 Å². The molecule has 0 bridgehead atoms. The average molecular weight is 355 g/mol. The molecule has 2 saturated heterocycles. The SMILES string of the molecule is O=C(NCCc1ccccn1)[C@H]1C[C@@H]2CCN(Cc3ccco3)C[C@H]2O1. The number of carbonyl (C=O) groups is 1. The van der Waals surface area contributed by atoms with E-state index in [2.05, 4.69) is 15.2 Å². The summed E-state index contributed by atoms with van der Waals surface area (Å²) in [5.41, 5.74) is 0.988. The fraction of sp³-hybridized carbons (Fsp3) is 0.500. The lowest BCUT2D eigenvalue weighted by Gasteiger charge is -2.33. The van der Waals surface area contributed by atoms with Crippen LogP contribution in [0.4, 0.5) is 0 Å². The van der Waals surface area contributed by atoms with Crippen LogP contribution in [0.25, 0.3) is 0 Å². The molecule has 26 heavy (non-hydrogen) atoms. The number of carbonyl (C=O) groups excluding carboxylic acids is 1. The van der Waals surface area contributed by atoms with Crippen molar-refractivity contribution in [1.29, 1.82) is 0 Å². The third-order valence-electron chi connectivity index (χ3n) is 5.29. The van der Waals surface area contributed by atoms with Gasteiger partial charge in [0.05, 0.1) is 18.9 Å². The van der Waals surface area contributed by atoms with E-state index in [9.17, 15) is 4.79 Å². The van der Waals surface area contributed by atoms with Crippen LogP contribution in [0.5, 0.6) is 0 Å². The molecule has 0 unspecified atom stereocenters. The Labute approximate surface area is 153 Å². The number of rotatable bonds is 6. The Balaban J connectivity index is 1.23. The molecule has 0 radical (unpaired) electrons. The zero-order valence-corrected chi connectivity index (χ0v) is 14.8. The maximum atomic E-state index is 12.4. The summed E-state index contributed by atoms with van der Waals surface area (Å²) >= 11 is 0. The van der Waals surface area contributed by atoms with Crippen molar-refractivity contribution in [1.82, 2.24) is 15.2 Å². The zero-order chi connectivity index (χ0) is 17.8. The van der Waals surface area contributed by atoms with Gasteiger partial charge in [0.2, 0.25) is 5.91 Å². The lowest BCUT2D eigenvalue weighted by atomic mass is 9.91. The molecule has 6 heteroatoms. The molecule has 6 nitrogen and oxygen atoms in total. The highest BCUT2D eigenvalue weighted by Crippen LogP contribution is 2.33. The number of hydrogen-bond donors (Lipinski definition) is 1. The minimum absolute atomic E-state index is 0.00733. The first-order valence-corrected chi connectivity index (χ1v) is 9.36. The maximum Gasteiger partial charge on any atom is 0.249 e. The fourth-order valence-corrected chi connectivity index (χ4v) is 3.90. The minimum Gasteiger partial charge on any atom is -0.468 e. The van der Waals surface area contributed by atoms with Crippen LogP contribution in [-0.4, -0.2) is 47.6 Å². The van der Waals surface area contributed by atoms with Crippen LogP contribution in [0.1, 0.15) is 24.3 Å². The van der Waals surface area contributed by atoms with Crippen molar-refractivity contribution in [2.45, 2.75) is 38.0 Å². The van der Waals surface area contributed by atoms with Crippen molar-refractivity contribution in [3.63, 3.8) is 0 Å². The van der Waals surface area contributed by atoms with E-state index in [-0.39, 0.29) is 18.1 Å². The van der Waals surface area contributed by atoms with Gasteiger partial charge in [-0.15, -0.1) is 0 Å². The van der Waals surface area contributed by atoms with Crippen LogP contribution >= 0.6 is 0 Å². The van der Waals surface area contributed by atoms with E-state index in [0.29, 0.717) is 12.5 Å². The van der Waals surface area contributed by atoms with E-state index < -0.39 is 0 Å². The molecule has 138 valence electrons. The summed E-state index contributed by atoms with van der Waals surface area (Å²) in [5.74, 6) is 1.47. The summed E-state index contributed by atoms with van der Waals surface area (Å²) in [6, 6.07) is 9.74. The number of nitrogens with one attached hydrogen (secondary N) is 1. The average Bonchev–Trinajstić information content (AvgIpc) is 3.32. The van der Waals surface area contributed by atoms with E-state index in [1.54, 1.807) is 12.5 Å². The molecule has 3 atom stereocenters. The number of aromatic nitrogens is 1. The molecular formula is C20H25N3O3. The number of likely N-dealkylation sites (tertiary alicyclic amines) is 1. The van der Waals surface area contributed by atoms with Gasteiger partial charge >= 0.3 is 0 Å². The number of furan rings is 1. The molecule has 0 aromatic carbocycles. The molecule has 1 amide bonds. The molecule has 4 rings (SSSR count). The number of piperidine rings is 1. The predicted molar refractivity (Wildman–Crippen MR) is 96.3 cm³/mol. The van der Waals surface area contributed by atoms with E-state index in [4.69, 9.17) is 9.15 Å². The van der Waals surface area contributed by atoms with Crippen LogP contribution in [0.3, 0.4) is 0 Å². The third-order valence-corrected chi connectivity index (χ3v) is 5.29. The first-order valence-electron chi connectivity index (χ1n) is 9.36. The van der Waals surface area contributed by atoms with Gasteiger partial charge in [-0.3, -0.25) is 14.7 Å². The highest BCUT2D eigenvalue weighted by molar-refractivity contribution is 5.81. The second-order valence-corrected chi connectivity index (χ2v) is 7.12. The van der Waals surface area contributed by atoms with Gasteiger partial charge in [0.1, 0.15) is 11.9 Å². The van der Waals surface area contributed by atoms with E-state index in [1.807, 2.05) is 30.3 Å². The smallest absolute Gasteiger partial charge is 0.249 e. The lowest BCUT2D eigenvalue weighted by Crippen LogP contribution is -2.42. The summed E-state index contributed by atoms with van der Waals surface area (Å²) in [6.07, 6.45) is 5.94. The Morgan fingerprint density at radius 3 is 3.08 bits per heavy atom. The molecular weight excluding hydrogens is 330 g/mol. The van der Waals surface area contributed by atoms with Crippen LogP contribution in [-0.2, 0) is 22.5 Å².